The van der Waals surface area contributed by atoms with Crippen LogP contribution >= 0.6 is 0 Å². The predicted molar refractivity (Wildman–Crippen MR) is 85.3 cm³/mol. The van der Waals surface area contributed by atoms with E-state index in [-0.39, 0.29) is 12.1 Å². The topological polar surface area (TPSA) is 56.1 Å². The first-order valence-electron chi connectivity index (χ1n) is 7.41. The van der Waals surface area contributed by atoms with Crippen LogP contribution in [-0.4, -0.2) is 17.4 Å². The lowest BCUT2D eigenvalue weighted by atomic mass is 10.0. The van der Waals surface area contributed by atoms with Gasteiger partial charge in [-0.25, -0.2) is 0 Å². The van der Waals surface area contributed by atoms with Gasteiger partial charge in [-0.15, -0.1) is 0 Å². The van der Waals surface area contributed by atoms with Crippen molar-refractivity contribution in [1.82, 2.24) is 4.90 Å². The molecule has 22 heavy (non-hydrogen) atoms. The Morgan fingerprint density at radius 3 is 2.59 bits per heavy atom. The molecule has 4 heteroatoms. The second-order valence-corrected chi connectivity index (χ2v) is 5.32. The molecule has 0 saturated carbocycles. The van der Waals surface area contributed by atoms with E-state index >= 15 is 0 Å². The first-order valence-corrected chi connectivity index (χ1v) is 7.41. The Bertz CT molecular complexity index is 731. The summed E-state index contributed by atoms with van der Waals surface area (Å²) in [5, 5.41) is 12.4. The van der Waals surface area contributed by atoms with E-state index in [1.807, 2.05) is 41.3 Å². The summed E-state index contributed by atoms with van der Waals surface area (Å²) in [5.41, 5.74) is 3.17. The first-order chi connectivity index (χ1) is 10.7. The third kappa shape index (κ3) is 2.42. The van der Waals surface area contributed by atoms with Crippen molar-refractivity contribution in [2.75, 3.05) is 11.9 Å². The molecular weight excluding hydrogens is 274 g/mol. The molecule has 0 bridgehead atoms. The Hall–Kier alpha value is -2.80. The Labute approximate surface area is 130 Å². The summed E-state index contributed by atoms with van der Waals surface area (Å²) in [6, 6.07) is 17.1. The van der Waals surface area contributed by atoms with Gasteiger partial charge in [0, 0.05) is 12.2 Å². The standard InChI is InChI=1S/C18H17N3O/c1-2-11-21-17(14-9-7-13(12-19)8-10-14)20-16-6-4-3-5-15(16)18(21)22/h3-10,17,20H,2,11H2,1H3/t17-/m0/s1. The van der Waals surface area contributed by atoms with Crippen molar-refractivity contribution >= 4 is 11.6 Å². The molecule has 0 spiro atoms. The Morgan fingerprint density at radius 2 is 1.91 bits per heavy atom. The number of rotatable bonds is 3. The summed E-state index contributed by atoms with van der Waals surface area (Å²) < 4.78 is 0. The van der Waals surface area contributed by atoms with Gasteiger partial charge in [0.25, 0.3) is 5.91 Å². The SMILES string of the molecule is CCCN1C(=O)c2ccccc2N[C@@H]1c1ccc(C#N)cc1. The molecule has 1 aliphatic heterocycles. The van der Waals surface area contributed by atoms with Crippen molar-refractivity contribution in [1.29, 1.82) is 5.26 Å². The molecule has 1 aliphatic rings. The zero-order chi connectivity index (χ0) is 15.5. The molecule has 3 rings (SSSR count). The fourth-order valence-electron chi connectivity index (χ4n) is 2.77. The maximum Gasteiger partial charge on any atom is 0.257 e. The molecule has 0 aliphatic carbocycles. The maximum atomic E-state index is 12.7. The minimum atomic E-state index is -0.199. The van der Waals surface area contributed by atoms with Crippen LogP contribution in [0.15, 0.2) is 48.5 Å². The number of hydrogen-bond donors (Lipinski definition) is 1. The van der Waals surface area contributed by atoms with Crippen LogP contribution in [0, 0.1) is 11.3 Å². The van der Waals surface area contributed by atoms with Crippen LogP contribution in [0.25, 0.3) is 0 Å². The smallest absolute Gasteiger partial charge is 0.257 e. The molecule has 1 heterocycles. The highest BCUT2D eigenvalue weighted by Gasteiger charge is 2.31. The van der Waals surface area contributed by atoms with Gasteiger partial charge in [0.1, 0.15) is 6.17 Å². The first kappa shape index (κ1) is 14.2. The summed E-state index contributed by atoms with van der Waals surface area (Å²) in [7, 11) is 0. The number of para-hydroxylation sites is 1. The van der Waals surface area contributed by atoms with Crippen molar-refractivity contribution < 1.29 is 4.79 Å². The number of fused-ring (bicyclic) bond motifs is 1. The van der Waals surface area contributed by atoms with Crippen molar-refractivity contribution in [2.45, 2.75) is 19.5 Å². The predicted octanol–water partition coefficient (Wildman–Crippen LogP) is 3.53. The van der Waals surface area contributed by atoms with Gasteiger partial charge in [-0.1, -0.05) is 31.2 Å². The molecule has 1 N–H and O–H groups in total. The van der Waals surface area contributed by atoms with Crippen LogP contribution < -0.4 is 5.32 Å². The Balaban J connectivity index is 2.01. The molecule has 1 amide bonds. The molecule has 0 fully saturated rings. The van der Waals surface area contributed by atoms with E-state index in [9.17, 15) is 4.79 Å². The number of benzene rings is 2. The second kappa shape index (κ2) is 5.90. The lowest BCUT2D eigenvalue weighted by Gasteiger charge is -2.38. The molecule has 4 nitrogen and oxygen atoms in total. The Kier molecular flexibility index (Phi) is 3.80. The summed E-state index contributed by atoms with van der Waals surface area (Å²) >= 11 is 0. The second-order valence-electron chi connectivity index (χ2n) is 5.32. The fraction of sp³-hybridized carbons (Fsp3) is 0.222. The highest BCUT2D eigenvalue weighted by Crippen LogP contribution is 2.33. The van der Waals surface area contributed by atoms with Crippen LogP contribution in [0.4, 0.5) is 5.69 Å². The molecule has 110 valence electrons. The van der Waals surface area contributed by atoms with Crippen molar-refractivity contribution in [3.8, 4) is 6.07 Å². The van der Waals surface area contributed by atoms with Gasteiger partial charge in [-0.2, -0.15) is 5.26 Å². The summed E-state index contributed by atoms with van der Waals surface area (Å²) in [4.78, 5) is 14.6. The number of amides is 1. The number of nitrogens with one attached hydrogen (secondary N) is 1. The number of nitrogens with zero attached hydrogens (tertiary/aromatic N) is 2. The van der Waals surface area contributed by atoms with E-state index in [4.69, 9.17) is 5.26 Å². The molecule has 2 aromatic carbocycles. The third-order valence-corrected chi connectivity index (χ3v) is 3.84. The molecular formula is C18H17N3O. The molecule has 0 unspecified atom stereocenters. The van der Waals surface area contributed by atoms with Crippen molar-refractivity contribution in [2.24, 2.45) is 0 Å². The van der Waals surface area contributed by atoms with Gasteiger partial charge in [0.2, 0.25) is 0 Å². The highest BCUT2D eigenvalue weighted by atomic mass is 16.2. The lowest BCUT2D eigenvalue weighted by Crippen LogP contribution is -2.43. The van der Waals surface area contributed by atoms with Crippen LogP contribution in [-0.2, 0) is 0 Å². The van der Waals surface area contributed by atoms with Crippen molar-refractivity contribution in [3.05, 3.63) is 65.2 Å². The van der Waals surface area contributed by atoms with E-state index < -0.39 is 0 Å². The average Bonchev–Trinajstić information content (AvgIpc) is 2.57. The van der Waals surface area contributed by atoms with Gasteiger partial charge in [0.05, 0.1) is 17.2 Å². The maximum absolute atomic E-state index is 12.7. The van der Waals surface area contributed by atoms with Gasteiger partial charge >= 0.3 is 0 Å². The number of carbonyl (C=O) groups excluding carboxylic acids is 1. The molecule has 0 radical (unpaired) electrons. The Morgan fingerprint density at radius 1 is 1.18 bits per heavy atom. The molecule has 0 saturated heterocycles. The zero-order valence-electron chi connectivity index (χ0n) is 12.4. The molecule has 1 atom stereocenters. The van der Waals surface area contributed by atoms with Gasteiger partial charge in [-0.05, 0) is 36.2 Å². The fourth-order valence-corrected chi connectivity index (χ4v) is 2.77. The lowest BCUT2D eigenvalue weighted by molar-refractivity contribution is 0.0683. The third-order valence-electron chi connectivity index (χ3n) is 3.84. The van der Waals surface area contributed by atoms with Gasteiger partial charge < -0.3 is 10.2 Å². The van der Waals surface area contributed by atoms with Crippen molar-refractivity contribution in [3.63, 3.8) is 0 Å². The number of carbonyl (C=O) groups is 1. The summed E-state index contributed by atoms with van der Waals surface area (Å²) in [6.07, 6.45) is 0.692. The monoisotopic (exact) mass is 291 g/mol. The number of anilines is 1. The number of nitriles is 1. The van der Waals surface area contributed by atoms with E-state index in [1.165, 1.54) is 0 Å². The molecule has 0 aromatic heterocycles. The number of hydrogen-bond acceptors (Lipinski definition) is 3. The van der Waals surface area contributed by atoms with Crippen LogP contribution in [0.1, 0.15) is 41.0 Å². The largest absolute Gasteiger partial charge is 0.361 e. The summed E-state index contributed by atoms with van der Waals surface area (Å²) in [5.74, 6) is 0.0468. The van der Waals surface area contributed by atoms with E-state index in [1.54, 1.807) is 12.1 Å². The van der Waals surface area contributed by atoms with Crippen LogP contribution in [0.3, 0.4) is 0 Å². The zero-order valence-corrected chi connectivity index (χ0v) is 12.4. The molecule has 2 aromatic rings. The normalized spacial score (nSPS) is 16.6. The van der Waals surface area contributed by atoms with Crippen LogP contribution in [0.2, 0.25) is 0 Å². The van der Waals surface area contributed by atoms with E-state index in [0.717, 1.165) is 17.7 Å². The summed E-state index contributed by atoms with van der Waals surface area (Å²) in [6.45, 7) is 2.74. The van der Waals surface area contributed by atoms with Gasteiger partial charge in [0.15, 0.2) is 0 Å². The van der Waals surface area contributed by atoms with E-state index in [2.05, 4.69) is 18.3 Å². The quantitative estimate of drug-likeness (QED) is 0.941. The van der Waals surface area contributed by atoms with Crippen LogP contribution in [0.5, 0.6) is 0 Å². The highest BCUT2D eigenvalue weighted by molar-refractivity contribution is 6.01. The minimum Gasteiger partial charge on any atom is -0.361 e. The average molecular weight is 291 g/mol. The minimum absolute atomic E-state index is 0.0468. The van der Waals surface area contributed by atoms with Gasteiger partial charge in [-0.3, -0.25) is 4.79 Å². The van der Waals surface area contributed by atoms with E-state index in [0.29, 0.717) is 17.7 Å².